The molecule has 0 aliphatic carbocycles. The molecule has 0 saturated carbocycles. The highest BCUT2D eigenvalue weighted by molar-refractivity contribution is 5.77. The molecule has 1 aliphatic rings. The predicted molar refractivity (Wildman–Crippen MR) is 77.1 cm³/mol. The Morgan fingerprint density at radius 3 is 3.00 bits per heavy atom. The highest BCUT2D eigenvalue weighted by atomic mass is 16.5. The molecule has 1 aromatic carbocycles. The van der Waals surface area contributed by atoms with Gasteiger partial charge in [0, 0.05) is 18.2 Å². The van der Waals surface area contributed by atoms with Crippen LogP contribution in [-0.2, 0) is 4.79 Å². The Hall–Kier alpha value is -1.75. The van der Waals surface area contributed by atoms with Gasteiger partial charge in [-0.05, 0) is 38.4 Å². The SMILES string of the molecule is COc1cccc(OCC(=O)NC2CCNC(C)C2)c1. The number of hydrogen-bond acceptors (Lipinski definition) is 4. The van der Waals surface area contributed by atoms with E-state index in [0.29, 0.717) is 11.8 Å². The Morgan fingerprint density at radius 2 is 2.25 bits per heavy atom. The Kier molecular flexibility index (Phi) is 5.24. The first kappa shape index (κ1) is 14.7. The van der Waals surface area contributed by atoms with Crippen molar-refractivity contribution in [3.63, 3.8) is 0 Å². The van der Waals surface area contributed by atoms with Gasteiger partial charge >= 0.3 is 0 Å². The lowest BCUT2D eigenvalue weighted by Gasteiger charge is -2.28. The number of rotatable bonds is 5. The molecule has 0 radical (unpaired) electrons. The van der Waals surface area contributed by atoms with Crippen molar-refractivity contribution >= 4 is 5.91 Å². The highest BCUT2D eigenvalue weighted by Crippen LogP contribution is 2.18. The largest absolute Gasteiger partial charge is 0.497 e. The topological polar surface area (TPSA) is 59.6 Å². The summed E-state index contributed by atoms with van der Waals surface area (Å²) < 4.78 is 10.6. The van der Waals surface area contributed by atoms with E-state index in [-0.39, 0.29) is 18.6 Å². The number of benzene rings is 1. The third kappa shape index (κ3) is 4.42. The normalized spacial score (nSPS) is 22.1. The number of piperidine rings is 1. The van der Waals surface area contributed by atoms with E-state index < -0.39 is 0 Å². The lowest BCUT2D eigenvalue weighted by Crippen LogP contribution is -2.47. The van der Waals surface area contributed by atoms with Crippen LogP contribution in [0.4, 0.5) is 0 Å². The lowest BCUT2D eigenvalue weighted by atomic mass is 10.0. The average molecular weight is 278 g/mol. The summed E-state index contributed by atoms with van der Waals surface area (Å²) in [5.74, 6) is 1.28. The molecule has 1 saturated heterocycles. The van der Waals surface area contributed by atoms with Gasteiger partial charge in [-0.3, -0.25) is 4.79 Å². The highest BCUT2D eigenvalue weighted by Gasteiger charge is 2.19. The molecule has 1 amide bonds. The van der Waals surface area contributed by atoms with Gasteiger partial charge in [-0.25, -0.2) is 0 Å². The summed E-state index contributed by atoms with van der Waals surface area (Å²) in [6.07, 6.45) is 1.93. The fraction of sp³-hybridized carbons (Fsp3) is 0.533. The van der Waals surface area contributed by atoms with Crippen molar-refractivity contribution in [2.24, 2.45) is 0 Å². The van der Waals surface area contributed by atoms with Crippen molar-refractivity contribution in [2.75, 3.05) is 20.3 Å². The molecule has 1 fully saturated rings. The number of hydrogen-bond donors (Lipinski definition) is 2. The van der Waals surface area contributed by atoms with Crippen LogP contribution in [0.5, 0.6) is 11.5 Å². The van der Waals surface area contributed by atoms with Crippen molar-refractivity contribution in [1.82, 2.24) is 10.6 Å². The van der Waals surface area contributed by atoms with Crippen molar-refractivity contribution < 1.29 is 14.3 Å². The van der Waals surface area contributed by atoms with Gasteiger partial charge in [0.15, 0.2) is 6.61 Å². The third-order valence-corrected chi connectivity index (χ3v) is 3.40. The second kappa shape index (κ2) is 7.14. The van der Waals surface area contributed by atoms with E-state index in [0.717, 1.165) is 25.1 Å². The van der Waals surface area contributed by atoms with Crippen molar-refractivity contribution in [2.45, 2.75) is 31.8 Å². The van der Waals surface area contributed by atoms with E-state index in [9.17, 15) is 4.79 Å². The molecule has 1 heterocycles. The molecule has 0 aromatic heterocycles. The first-order chi connectivity index (χ1) is 9.67. The zero-order chi connectivity index (χ0) is 14.4. The van der Waals surface area contributed by atoms with Crippen LogP contribution in [0.1, 0.15) is 19.8 Å². The standard InChI is InChI=1S/C15H22N2O3/c1-11-8-12(6-7-16-11)17-15(18)10-20-14-5-3-4-13(9-14)19-2/h3-5,9,11-12,16H,6-8,10H2,1-2H3,(H,17,18). The van der Waals surface area contributed by atoms with Crippen LogP contribution in [0.15, 0.2) is 24.3 Å². The van der Waals surface area contributed by atoms with E-state index in [1.54, 1.807) is 13.2 Å². The molecule has 5 heteroatoms. The smallest absolute Gasteiger partial charge is 0.258 e. The van der Waals surface area contributed by atoms with Gasteiger partial charge in [-0.2, -0.15) is 0 Å². The number of methoxy groups -OCH3 is 1. The molecule has 2 unspecified atom stereocenters. The molecule has 2 N–H and O–H groups in total. The van der Waals surface area contributed by atoms with Crippen molar-refractivity contribution in [1.29, 1.82) is 0 Å². The molecule has 2 rings (SSSR count). The summed E-state index contributed by atoms with van der Waals surface area (Å²) in [7, 11) is 1.60. The molecular formula is C15H22N2O3. The first-order valence-corrected chi connectivity index (χ1v) is 6.97. The quantitative estimate of drug-likeness (QED) is 0.853. The lowest BCUT2D eigenvalue weighted by molar-refractivity contribution is -0.124. The molecular weight excluding hydrogens is 256 g/mol. The molecule has 110 valence electrons. The van der Waals surface area contributed by atoms with Gasteiger partial charge in [0.25, 0.3) is 5.91 Å². The fourth-order valence-electron chi connectivity index (χ4n) is 2.37. The Bertz CT molecular complexity index is 450. The van der Waals surface area contributed by atoms with Gasteiger partial charge in [0.1, 0.15) is 11.5 Å². The minimum atomic E-state index is -0.0769. The Labute approximate surface area is 119 Å². The summed E-state index contributed by atoms with van der Waals surface area (Å²) in [6.45, 7) is 3.11. The van der Waals surface area contributed by atoms with Crippen LogP contribution in [0.3, 0.4) is 0 Å². The second-order valence-electron chi connectivity index (χ2n) is 5.11. The monoisotopic (exact) mass is 278 g/mol. The van der Waals surface area contributed by atoms with E-state index in [4.69, 9.17) is 9.47 Å². The Balaban J connectivity index is 1.76. The number of carbonyl (C=O) groups is 1. The number of ether oxygens (including phenoxy) is 2. The van der Waals surface area contributed by atoms with E-state index in [2.05, 4.69) is 17.6 Å². The van der Waals surface area contributed by atoms with Gasteiger partial charge in [0.2, 0.25) is 0 Å². The van der Waals surface area contributed by atoms with Crippen LogP contribution >= 0.6 is 0 Å². The maximum atomic E-state index is 11.9. The molecule has 0 bridgehead atoms. The Morgan fingerprint density at radius 1 is 1.45 bits per heavy atom. The van der Waals surface area contributed by atoms with Crippen LogP contribution in [-0.4, -0.2) is 38.3 Å². The van der Waals surface area contributed by atoms with Crippen LogP contribution in [0, 0.1) is 0 Å². The summed E-state index contributed by atoms with van der Waals surface area (Å²) >= 11 is 0. The number of carbonyl (C=O) groups excluding carboxylic acids is 1. The minimum absolute atomic E-state index is 0.0332. The first-order valence-electron chi connectivity index (χ1n) is 6.97. The summed E-state index contributed by atoms with van der Waals surface area (Å²) in [5, 5.41) is 6.37. The maximum Gasteiger partial charge on any atom is 0.258 e. The van der Waals surface area contributed by atoms with Gasteiger partial charge in [-0.15, -0.1) is 0 Å². The zero-order valence-electron chi connectivity index (χ0n) is 12.0. The number of nitrogens with one attached hydrogen (secondary N) is 2. The second-order valence-corrected chi connectivity index (χ2v) is 5.11. The molecule has 5 nitrogen and oxygen atoms in total. The number of amides is 1. The van der Waals surface area contributed by atoms with Crippen LogP contribution in [0.2, 0.25) is 0 Å². The van der Waals surface area contributed by atoms with E-state index >= 15 is 0 Å². The summed E-state index contributed by atoms with van der Waals surface area (Å²) in [6, 6.07) is 7.94. The van der Waals surface area contributed by atoms with Crippen LogP contribution < -0.4 is 20.1 Å². The summed E-state index contributed by atoms with van der Waals surface area (Å²) in [4.78, 5) is 11.9. The fourth-order valence-corrected chi connectivity index (χ4v) is 2.37. The third-order valence-electron chi connectivity index (χ3n) is 3.40. The molecule has 20 heavy (non-hydrogen) atoms. The average Bonchev–Trinajstić information content (AvgIpc) is 2.45. The van der Waals surface area contributed by atoms with Gasteiger partial charge < -0.3 is 20.1 Å². The predicted octanol–water partition coefficient (Wildman–Crippen LogP) is 1.33. The van der Waals surface area contributed by atoms with Crippen molar-refractivity contribution in [3.05, 3.63) is 24.3 Å². The molecule has 2 atom stereocenters. The molecule has 1 aromatic rings. The van der Waals surface area contributed by atoms with E-state index in [1.165, 1.54) is 0 Å². The minimum Gasteiger partial charge on any atom is -0.497 e. The van der Waals surface area contributed by atoms with E-state index in [1.807, 2.05) is 18.2 Å². The van der Waals surface area contributed by atoms with Gasteiger partial charge in [-0.1, -0.05) is 6.07 Å². The zero-order valence-corrected chi connectivity index (χ0v) is 12.0. The summed E-state index contributed by atoms with van der Waals surface area (Å²) in [5.41, 5.74) is 0. The van der Waals surface area contributed by atoms with Crippen LogP contribution in [0.25, 0.3) is 0 Å². The van der Waals surface area contributed by atoms with Gasteiger partial charge in [0.05, 0.1) is 7.11 Å². The molecule has 1 aliphatic heterocycles. The molecule has 0 spiro atoms. The van der Waals surface area contributed by atoms with Crippen molar-refractivity contribution in [3.8, 4) is 11.5 Å². The maximum absolute atomic E-state index is 11.9.